The van der Waals surface area contributed by atoms with Gasteiger partial charge in [-0.25, -0.2) is 4.90 Å². The van der Waals surface area contributed by atoms with Gasteiger partial charge in [0.1, 0.15) is 5.92 Å². The number of carbonyl (C=O) groups excluding carboxylic acids is 5. The number of hydrogen-bond acceptors (Lipinski definition) is 7. The number of hydrogen-bond donors (Lipinski definition) is 2. The molecule has 3 aliphatic heterocycles. The summed E-state index contributed by atoms with van der Waals surface area (Å²) in [5, 5.41) is 14.9. The second kappa shape index (κ2) is 10.2. The number of ketones is 2. The minimum Gasteiger partial charge on any atom is -0.375 e. The van der Waals surface area contributed by atoms with Crippen LogP contribution in [0, 0.1) is 5.92 Å². The fourth-order valence-electron chi connectivity index (χ4n) is 6.77. The maximum atomic E-state index is 13.6. The number of aliphatic hydroxyl groups excluding tert-OH is 1. The lowest BCUT2D eigenvalue weighted by Gasteiger charge is -2.31. The van der Waals surface area contributed by atoms with Gasteiger partial charge in [0.25, 0.3) is 17.7 Å². The van der Waals surface area contributed by atoms with Crippen molar-refractivity contribution in [3.05, 3.63) is 133 Å². The molecule has 2 N–H and O–H groups in total. The fourth-order valence-corrected chi connectivity index (χ4v) is 7.11. The molecule has 0 bridgehead atoms. The van der Waals surface area contributed by atoms with Gasteiger partial charge in [-0.15, -0.1) is 0 Å². The second-order valence-electron chi connectivity index (χ2n) is 11.5. The van der Waals surface area contributed by atoms with Crippen molar-refractivity contribution in [1.29, 1.82) is 0 Å². The van der Waals surface area contributed by atoms with E-state index < -0.39 is 35.8 Å². The zero-order valence-electron chi connectivity index (χ0n) is 23.7. The predicted molar refractivity (Wildman–Crippen MR) is 170 cm³/mol. The van der Waals surface area contributed by atoms with Crippen LogP contribution in [0.4, 0.5) is 11.4 Å². The van der Waals surface area contributed by atoms with Gasteiger partial charge in [0.05, 0.1) is 28.5 Å². The molecular formula is C35H21Cl2N3O6. The van der Waals surface area contributed by atoms with E-state index in [1.807, 2.05) is 0 Å². The van der Waals surface area contributed by atoms with Gasteiger partial charge < -0.3 is 15.3 Å². The highest BCUT2D eigenvalue weighted by atomic mass is 35.5. The molecule has 0 spiro atoms. The van der Waals surface area contributed by atoms with E-state index in [4.69, 9.17) is 23.2 Å². The van der Waals surface area contributed by atoms with Gasteiger partial charge in [-0.05, 0) is 54.1 Å². The summed E-state index contributed by atoms with van der Waals surface area (Å²) < 4.78 is 0. The summed E-state index contributed by atoms with van der Waals surface area (Å²) in [5.74, 6) is -3.38. The van der Waals surface area contributed by atoms with Gasteiger partial charge in [-0.1, -0.05) is 59.6 Å². The third kappa shape index (κ3) is 4.02. The standard InChI is InChI=1S/C35H21Cl2N3O6/c36-17-6-8-20-24(13-17)31(42)28(30(20)41)26-11-10-19-16(15-39-32(43)21-3-1-2-4-22(21)33(39)44)5-12-27(29(19)38-26)40-34(45)23-9-7-18(37)14-25(23)35(40)46/h1-14,26,28,32,38,43H,15H2. The highest BCUT2D eigenvalue weighted by Gasteiger charge is 2.45. The van der Waals surface area contributed by atoms with Crippen LogP contribution in [0.15, 0.2) is 78.9 Å². The number of anilines is 2. The highest BCUT2D eigenvalue weighted by Crippen LogP contribution is 2.44. The second-order valence-corrected chi connectivity index (χ2v) is 12.4. The number of nitrogens with zero attached hydrogens (tertiary/aromatic N) is 2. The molecule has 3 amide bonds. The molecule has 4 aliphatic rings. The van der Waals surface area contributed by atoms with E-state index in [2.05, 4.69) is 5.32 Å². The van der Waals surface area contributed by atoms with E-state index in [9.17, 15) is 29.1 Å². The SMILES string of the molecule is O=C1c2ccc(Cl)cc2C(=O)C1C1C=Cc2c(CN3C(=O)c4ccccc4C3O)ccc(N3C(=O)c4ccc(Cl)cc4C3=O)c2N1. The molecule has 1 aliphatic carbocycles. The summed E-state index contributed by atoms with van der Waals surface area (Å²) in [6.07, 6.45) is 2.22. The van der Waals surface area contributed by atoms with Gasteiger partial charge in [0, 0.05) is 44.4 Å². The first kappa shape index (κ1) is 28.4. The number of aliphatic hydroxyl groups is 1. The van der Waals surface area contributed by atoms with E-state index in [0.29, 0.717) is 38.0 Å². The minimum absolute atomic E-state index is 0.00304. The topological polar surface area (TPSA) is 124 Å². The smallest absolute Gasteiger partial charge is 0.266 e. The van der Waals surface area contributed by atoms with Crippen molar-refractivity contribution in [3.8, 4) is 0 Å². The minimum atomic E-state index is -1.17. The molecule has 226 valence electrons. The lowest BCUT2D eigenvalue weighted by Crippen LogP contribution is -2.38. The molecule has 0 radical (unpaired) electrons. The van der Waals surface area contributed by atoms with Gasteiger partial charge in [-0.2, -0.15) is 0 Å². The normalized spacial score (nSPS) is 21.0. The van der Waals surface area contributed by atoms with Crippen LogP contribution in [0.25, 0.3) is 6.08 Å². The maximum absolute atomic E-state index is 13.6. The van der Waals surface area contributed by atoms with Crippen molar-refractivity contribution in [3.63, 3.8) is 0 Å². The fraction of sp³-hybridized carbons (Fsp3) is 0.114. The summed E-state index contributed by atoms with van der Waals surface area (Å²) in [6.45, 7) is -0.00304. The monoisotopic (exact) mass is 649 g/mol. The summed E-state index contributed by atoms with van der Waals surface area (Å²) in [5.41, 5.74) is 3.37. The molecule has 4 aromatic carbocycles. The van der Waals surface area contributed by atoms with Crippen LogP contribution in [0.3, 0.4) is 0 Å². The summed E-state index contributed by atoms with van der Waals surface area (Å²) in [4.78, 5) is 69.9. The Morgan fingerprint density at radius 1 is 0.717 bits per heavy atom. The lowest BCUT2D eigenvalue weighted by atomic mass is 9.89. The molecule has 9 nitrogen and oxygen atoms in total. The van der Waals surface area contributed by atoms with E-state index in [-0.39, 0.29) is 46.2 Å². The number of rotatable bonds is 4. The molecule has 3 heterocycles. The molecule has 8 rings (SSSR count). The number of fused-ring (bicyclic) bond motifs is 4. The molecule has 0 aromatic heterocycles. The van der Waals surface area contributed by atoms with Crippen LogP contribution in [0.1, 0.15) is 74.7 Å². The maximum Gasteiger partial charge on any atom is 0.266 e. The Bertz CT molecular complexity index is 2140. The Labute approximate surface area is 271 Å². The Morgan fingerprint density at radius 3 is 2.15 bits per heavy atom. The van der Waals surface area contributed by atoms with Gasteiger partial charge in [0.2, 0.25) is 0 Å². The third-order valence-corrected chi connectivity index (χ3v) is 9.46. The Balaban J connectivity index is 1.22. The van der Waals surface area contributed by atoms with Crippen LogP contribution in [-0.4, -0.2) is 45.3 Å². The van der Waals surface area contributed by atoms with Crippen molar-refractivity contribution in [2.45, 2.75) is 18.8 Å². The van der Waals surface area contributed by atoms with E-state index in [0.717, 1.165) is 4.90 Å². The molecular weight excluding hydrogens is 629 g/mol. The van der Waals surface area contributed by atoms with Crippen LogP contribution >= 0.6 is 23.2 Å². The molecule has 0 saturated carbocycles. The zero-order chi connectivity index (χ0) is 32.0. The Hall–Kier alpha value is -5.09. The number of carbonyl (C=O) groups is 5. The van der Waals surface area contributed by atoms with Crippen LogP contribution in [0.5, 0.6) is 0 Å². The number of amides is 3. The quantitative estimate of drug-likeness (QED) is 0.207. The van der Waals surface area contributed by atoms with Crippen molar-refractivity contribution >= 4 is 69.9 Å². The third-order valence-electron chi connectivity index (χ3n) is 8.99. The van der Waals surface area contributed by atoms with Gasteiger partial charge in [-0.3, -0.25) is 24.0 Å². The highest BCUT2D eigenvalue weighted by molar-refractivity contribution is 6.37. The summed E-state index contributed by atoms with van der Waals surface area (Å²) >= 11 is 12.3. The summed E-state index contributed by atoms with van der Waals surface area (Å²) in [7, 11) is 0. The molecule has 4 aromatic rings. The molecule has 0 fully saturated rings. The number of benzene rings is 4. The van der Waals surface area contributed by atoms with E-state index in [1.54, 1.807) is 54.6 Å². The number of imide groups is 1. The first-order valence-electron chi connectivity index (χ1n) is 14.4. The molecule has 46 heavy (non-hydrogen) atoms. The first-order chi connectivity index (χ1) is 22.1. The molecule has 0 saturated heterocycles. The number of nitrogens with one attached hydrogen (secondary N) is 1. The summed E-state index contributed by atoms with van der Waals surface area (Å²) in [6, 6.07) is 18.3. The first-order valence-corrected chi connectivity index (χ1v) is 15.1. The van der Waals surface area contributed by atoms with E-state index >= 15 is 0 Å². The van der Waals surface area contributed by atoms with Crippen molar-refractivity contribution in [1.82, 2.24) is 4.90 Å². The van der Waals surface area contributed by atoms with Crippen LogP contribution in [-0.2, 0) is 6.54 Å². The number of Topliss-reactive ketones (excluding diaryl/α,β-unsaturated/α-hetero) is 2. The largest absolute Gasteiger partial charge is 0.375 e. The van der Waals surface area contributed by atoms with Crippen molar-refractivity contribution in [2.24, 2.45) is 5.92 Å². The lowest BCUT2D eigenvalue weighted by molar-refractivity contribution is 0.0137. The molecule has 3 atom stereocenters. The van der Waals surface area contributed by atoms with Crippen LogP contribution in [0.2, 0.25) is 10.0 Å². The molecule has 3 unspecified atom stereocenters. The number of halogens is 2. The zero-order valence-corrected chi connectivity index (χ0v) is 25.2. The molecule has 11 heteroatoms. The van der Waals surface area contributed by atoms with E-state index in [1.165, 1.54) is 35.2 Å². The van der Waals surface area contributed by atoms with Crippen molar-refractivity contribution in [2.75, 3.05) is 10.2 Å². The van der Waals surface area contributed by atoms with Gasteiger partial charge >= 0.3 is 0 Å². The van der Waals surface area contributed by atoms with Gasteiger partial charge in [0.15, 0.2) is 17.8 Å². The Morgan fingerprint density at radius 2 is 1.39 bits per heavy atom. The average Bonchev–Trinajstić information content (AvgIpc) is 3.55. The van der Waals surface area contributed by atoms with Crippen LogP contribution < -0.4 is 10.2 Å². The average molecular weight is 650 g/mol. The Kier molecular flexibility index (Phi) is 6.30. The van der Waals surface area contributed by atoms with Crippen molar-refractivity contribution < 1.29 is 29.1 Å². The predicted octanol–water partition coefficient (Wildman–Crippen LogP) is 5.94.